The molecule has 0 bridgehead atoms. The van der Waals surface area contributed by atoms with Crippen molar-refractivity contribution < 1.29 is 31.1 Å². The van der Waals surface area contributed by atoms with Crippen LogP contribution in [0.5, 0.6) is 0 Å². The van der Waals surface area contributed by atoms with Crippen molar-refractivity contribution in [3.05, 3.63) is 75.0 Å². The van der Waals surface area contributed by atoms with Crippen molar-refractivity contribution in [2.45, 2.75) is 75.4 Å². The lowest BCUT2D eigenvalue weighted by Crippen LogP contribution is -2.48. The number of carbonyl (C=O) groups is 1. The van der Waals surface area contributed by atoms with Gasteiger partial charge in [0.25, 0.3) is 5.91 Å². The fourth-order valence-electron chi connectivity index (χ4n) is 5.65. The van der Waals surface area contributed by atoms with Crippen LogP contribution in [0.25, 0.3) is 0 Å². The summed E-state index contributed by atoms with van der Waals surface area (Å²) >= 11 is 1.44. The van der Waals surface area contributed by atoms with Crippen LogP contribution in [0.1, 0.15) is 76.7 Å². The van der Waals surface area contributed by atoms with E-state index in [9.17, 15) is 26.4 Å². The van der Waals surface area contributed by atoms with Crippen LogP contribution in [0, 0.1) is 0 Å². The maximum atomic E-state index is 13.1. The van der Waals surface area contributed by atoms with Gasteiger partial charge in [0.1, 0.15) is 5.60 Å². The van der Waals surface area contributed by atoms with Crippen molar-refractivity contribution in [2.75, 3.05) is 18.8 Å². The van der Waals surface area contributed by atoms with Crippen molar-refractivity contribution in [3.63, 3.8) is 0 Å². The molecule has 2 atom stereocenters. The van der Waals surface area contributed by atoms with Gasteiger partial charge in [0.05, 0.1) is 21.6 Å². The molecule has 0 radical (unpaired) electrons. The minimum atomic E-state index is -4.58. The third-order valence-electron chi connectivity index (χ3n) is 8.06. The number of amides is 1. The number of benzene rings is 1. The minimum absolute atomic E-state index is 0.0202. The molecule has 1 fully saturated rings. The van der Waals surface area contributed by atoms with Gasteiger partial charge in [0.15, 0.2) is 9.84 Å². The zero-order valence-electron chi connectivity index (χ0n) is 23.6. The molecule has 2 aliphatic heterocycles. The van der Waals surface area contributed by atoms with Gasteiger partial charge in [0.2, 0.25) is 5.82 Å². The molecule has 2 aliphatic rings. The highest BCUT2D eigenvalue weighted by atomic mass is 32.2. The number of sulfone groups is 1. The number of hydrogen-bond acceptors (Lipinski definition) is 8. The number of fused-ring (bicyclic) bond motifs is 2. The number of ether oxygens (including phenoxy) is 1. The number of halogens is 3. The van der Waals surface area contributed by atoms with E-state index in [1.54, 1.807) is 31.2 Å². The molecule has 42 heavy (non-hydrogen) atoms. The molecule has 1 amide bonds. The van der Waals surface area contributed by atoms with Gasteiger partial charge in [-0.25, -0.2) is 18.4 Å². The zero-order chi connectivity index (χ0) is 30.3. The molecule has 1 saturated heterocycles. The Bertz CT molecular complexity index is 1530. The predicted octanol–water partition coefficient (Wildman–Crippen LogP) is 5.29. The molecule has 3 aromatic rings. The van der Waals surface area contributed by atoms with Crippen LogP contribution in [0.15, 0.2) is 47.6 Å². The molecule has 1 N–H and O–H groups in total. The molecular formula is C29H33F3N4O4S2. The monoisotopic (exact) mass is 622 g/mol. The smallest absolute Gasteiger partial charge is 0.366 e. The summed E-state index contributed by atoms with van der Waals surface area (Å²) in [5.74, 6) is -1.32. The van der Waals surface area contributed by atoms with E-state index in [1.165, 1.54) is 23.7 Å². The largest absolute Gasteiger partial charge is 0.451 e. The number of rotatable bonds is 7. The number of likely N-dealkylation sites (tertiary alicyclic amines) is 1. The first kappa shape index (κ1) is 30.6. The Morgan fingerprint density at radius 2 is 1.83 bits per heavy atom. The Kier molecular flexibility index (Phi) is 8.49. The number of thiophene rings is 1. The molecular weight excluding hydrogens is 589 g/mol. The van der Waals surface area contributed by atoms with E-state index >= 15 is 0 Å². The van der Waals surface area contributed by atoms with Crippen molar-refractivity contribution >= 4 is 27.1 Å². The first-order valence-corrected chi connectivity index (χ1v) is 16.3. The van der Waals surface area contributed by atoms with E-state index in [0.29, 0.717) is 42.8 Å². The SMILES string of the molecule is CCS(=O)(=O)c1ccc(CNC(=O)c2cc3c(s2)C2(CCN([C@@H](C)c4cnc(C(F)(F)F)nc4)CC2)OC(C)C3)cc1. The quantitative estimate of drug-likeness (QED) is 0.382. The van der Waals surface area contributed by atoms with E-state index in [-0.39, 0.29) is 35.2 Å². The molecule has 1 unspecified atom stereocenters. The lowest BCUT2D eigenvalue weighted by Gasteiger charge is -2.47. The third-order valence-corrected chi connectivity index (χ3v) is 11.2. The summed E-state index contributed by atoms with van der Waals surface area (Å²) in [6.45, 7) is 7.16. The molecule has 13 heteroatoms. The minimum Gasteiger partial charge on any atom is -0.366 e. The summed E-state index contributed by atoms with van der Waals surface area (Å²) in [6, 6.07) is 8.32. The van der Waals surface area contributed by atoms with Gasteiger partial charge in [-0.1, -0.05) is 19.1 Å². The zero-order valence-corrected chi connectivity index (χ0v) is 25.2. The van der Waals surface area contributed by atoms with E-state index in [1.807, 2.05) is 19.9 Å². The number of alkyl halides is 3. The van der Waals surface area contributed by atoms with Gasteiger partial charge in [-0.3, -0.25) is 9.69 Å². The average molecular weight is 623 g/mol. The number of piperidine rings is 1. The number of nitrogens with zero attached hydrogens (tertiary/aromatic N) is 3. The highest BCUT2D eigenvalue weighted by Crippen LogP contribution is 2.48. The highest BCUT2D eigenvalue weighted by molar-refractivity contribution is 7.91. The molecule has 1 spiro atoms. The van der Waals surface area contributed by atoms with E-state index in [2.05, 4.69) is 20.2 Å². The van der Waals surface area contributed by atoms with Crippen LogP contribution >= 0.6 is 11.3 Å². The Balaban J connectivity index is 1.25. The fourth-order valence-corrected chi connectivity index (χ4v) is 7.83. The Labute approximate surface area is 247 Å². The molecule has 8 nitrogen and oxygen atoms in total. The first-order valence-electron chi connectivity index (χ1n) is 13.9. The Morgan fingerprint density at radius 3 is 2.43 bits per heavy atom. The van der Waals surface area contributed by atoms with Gasteiger partial charge in [-0.15, -0.1) is 11.3 Å². The second-order valence-electron chi connectivity index (χ2n) is 10.9. The Hall–Kier alpha value is -2.87. The van der Waals surface area contributed by atoms with Gasteiger partial charge in [-0.05, 0) is 62.4 Å². The van der Waals surface area contributed by atoms with Crippen molar-refractivity contribution in [3.8, 4) is 0 Å². The van der Waals surface area contributed by atoms with Crippen molar-refractivity contribution in [1.82, 2.24) is 20.2 Å². The van der Waals surface area contributed by atoms with Crippen molar-refractivity contribution in [2.24, 2.45) is 0 Å². The molecule has 0 saturated carbocycles. The van der Waals surface area contributed by atoms with Gasteiger partial charge >= 0.3 is 6.18 Å². The second-order valence-corrected chi connectivity index (χ2v) is 14.2. The Morgan fingerprint density at radius 1 is 1.19 bits per heavy atom. The van der Waals surface area contributed by atoms with Gasteiger partial charge in [-0.2, -0.15) is 13.2 Å². The van der Waals surface area contributed by atoms with Crippen LogP contribution in [0.4, 0.5) is 13.2 Å². The topological polar surface area (TPSA) is 101 Å². The van der Waals surface area contributed by atoms with Crippen LogP contribution < -0.4 is 5.32 Å². The maximum absolute atomic E-state index is 13.1. The molecule has 1 aromatic carbocycles. The van der Waals surface area contributed by atoms with Crippen molar-refractivity contribution in [1.29, 1.82) is 0 Å². The van der Waals surface area contributed by atoms with E-state index in [4.69, 9.17) is 4.74 Å². The first-order chi connectivity index (χ1) is 19.8. The highest BCUT2D eigenvalue weighted by Gasteiger charge is 2.45. The van der Waals surface area contributed by atoms with E-state index < -0.39 is 27.4 Å². The average Bonchev–Trinajstić information content (AvgIpc) is 3.41. The number of carbonyl (C=O) groups excluding carboxylic acids is 1. The molecule has 4 heterocycles. The normalized spacial score (nSPS) is 19.8. The lowest BCUT2D eigenvalue weighted by molar-refractivity contribution is -0.145. The standard InChI is InChI=1S/C29H33F3N4O4S2/c1-4-42(38,39)23-7-5-20(6-8-23)15-33-26(37)24-14-21-13-18(2)40-28(25(21)41-24)9-11-36(12-10-28)19(3)22-16-34-27(35-17-22)29(30,31)32/h5-8,14,16-19H,4,9-13,15H2,1-3H3,(H,33,37)/t18?,19-/m0/s1. The summed E-state index contributed by atoms with van der Waals surface area (Å²) in [5, 5.41) is 2.94. The number of aromatic nitrogens is 2. The molecule has 2 aromatic heterocycles. The molecule has 0 aliphatic carbocycles. The van der Waals surface area contributed by atoms with Crippen LogP contribution in [-0.4, -0.2) is 54.1 Å². The maximum Gasteiger partial charge on any atom is 0.451 e. The number of hydrogen-bond donors (Lipinski definition) is 1. The molecule has 226 valence electrons. The second kappa shape index (κ2) is 11.7. The summed E-state index contributed by atoms with van der Waals surface area (Å²) < 4.78 is 69.3. The molecule has 5 rings (SSSR count). The number of nitrogens with one attached hydrogen (secondary N) is 1. The summed E-state index contributed by atoms with van der Waals surface area (Å²) in [5.41, 5.74) is 2.00. The van der Waals surface area contributed by atoms with Gasteiger partial charge < -0.3 is 10.1 Å². The van der Waals surface area contributed by atoms with Crippen LogP contribution in [0.2, 0.25) is 0 Å². The summed E-state index contributed by atoms with van der Waals surface area (Å²) in [4.78, 5) is 24.3. The third kappa shape index (κ3) is 6.24. The van der Waals surface area contributed by atoms with Crippen LogP contribution in [-0.2, 0) is 39.3 Å². The van der Waals surface area contributed by atoms with Gasteiger partial charge in [0, 0.05) is 48.5 Å². The summed E-state index contributed by atoms with van der Waals surface area (Å²) in [7, 11) is -3.28. The fraction of sp³-hybridized carbons (Fsp3) is 0.483. The summed E-state index contributed by atoms with van der Waals surface area (Å²) in [6.07, 6.45) is -0.0321. The van der Waals surface area contributed by atoms with Crippen LogP contribution in [0.3, 0.4) is 0 Å². The van der Waals surface area contributed by atoms with E-state index in [0.717, 1.165) is 16.0 Å². The lowest BCUT2D eigenvalue weighted by atomic mass is 9.83. The predicted molar refractivity (Wildman–Crippen MR) is 152 cm³/mol.